The van der Waals surface area contributed by atoms with Crippen molar-refractivity contribution in [2.24, 2.45) is 0 Å². The van der Waals surface area contributed by atoms with Crippen LogP contribution in [0.1, 0.15) is 29.0 Å². The summed E-state index contributed by atoms with van der Waals surface area (Å²) >= 11 is 0. The quantitative estimate of drug-likeness (QED) is 0.635. The molecule has 0 unspecified atom stereocenters. The normalized spacial score (nSPS) is 15.2. The first kappa shape index (κ1) is 19.6. The zero-order chi connectivity index (χ0) is 21.1. The van der Waals surface area contributed by atoms with Crippen molar-refractivity contribution in [3.8, 4) is 17.2 Å². The summed E-state index contributed by atoms with van der Waals surface area (Å²) in [5.74, 6) is 1.79. The molecule has 1 heterocycles. The molecule has 0 aromatic heterocycles. The van der Waals surface area contributed by atoms with Gasteiger partial charge in [0.2, 0.25) is 0 Å². The molecule has 154 valence electrons. The number of carbonyl (C=O) groups is 1. The Morgan fingerprint density at radius 3 is 2.40 bits per heavy atom. The third-order valence-corrected chi connectivity index (χ3v) is 5.07. The van der Waals surface area contributed by atoms with Crippen LogP contribution in [0.5, 0.6) is 17.2 Å². The van der Waals surface area contributed by atoms with Crippen molar-refractivity contribution in [1.82, 2.24) is 0 Å². The molecule has 1 aliphatic heterocycles. The predicted molar refractivity (Wildman–Crippen MR) is 117 cm³/mol. The number of fused-ring (bicyclic) bond motifs is 1. The largest absolute Gasteiger partial charge is 0.495 e. The van der Waals surface area contributed by atoms with E-state index in [1.165, 1.54) is 0 Å². The molecular weight excluding hydrogens is 380 g/mol. The van der Waals surface area contributed by atoms with E-state index in [-0.39, 0.29) is 5.91 Å². The van der Waals surface area contributed by atoms with Crippen LogP contribution in [-0.2, 0) is 0 Å². The van der Waals surface area contributed by atoms with Crippen LogP contribution >= 0.6 is 0 Å². The number of nitrogens with zero attached hydrogens (tertiary/aromatic N) is 1. The summed E-state index contributed by atoms with van der Waals surface area (Å²) in [5.41, 5.74) is 2.95. The number of hydrogen-bond acceptors (Lipinski definition) is 5. The Morgan fingerprint density at radius 1 is 0.900 bits per heavy atom. The van der Waals surface area contributed by atoms with Crippen LogP contribution in [0.2, 0.25) is 0 Å². The van der Waals surface area contributed by atoms with Crippen molar-refractivity contribution in [3.63, 3.8) is 0 Å². The third-order valence-electron chi connectivity index (χ3n) is 5.07. The van der Waals surface area contributed by atoms with E-state index in [4.69, 9.17) is 14.2 Å². The van der Waals surface area contributed by atoms with Gasteiger partial charge in [-0.05, 0) is 48.9 Å². The molecule has 0 spiro atoms. The number of methoxy groups -OCH3 is 2. The average molecular weight is 404 g/mol. The predicted octanol–water partition coefficient (Wildman–Crippen LogP) is 4.87. The van der Waals surface area contributed by atoms with Crippen LogP contribution in [0.4, 0.5) is 11.4 Å². The summed E-state index contributed by atoms with van der Waals surface area (Å²) in [7, 11) is 3.21. The van der Waals surface area contributed by atoms with Crippen LogP contribution < -0.4 is 24.4 Å². The maximum absolute atomic E-state index is 13.6. The number of hydrogen-bond donors (Lipinski definition) is 1. The molecule has 1 atom stereocenters. The highest BCUT2D eigenvalue weighted by Gasteiger charge is 2.35. The van der Waals surface area contributed by atoms with E-state index in [0.29, 0.717) is 35.1 Å². The van der Waals surface area contributed by atoms with Crippen LogP contribution in [-0.4, -0.2) is 26.7 Å². The molecule has 0 fully saturated rings. The highest BCUT2D eigenvalue weighted by Crippen LogP contribution is 2.42. The van der Waals surface area contributed by atoms with E-state index < -0.39 is 6.17 Å². The molecule has 1 aliphatic rings. The third kappa shape index (κ3) is 3.41. The Morgan fingerprint density at radius 2 is 1.63 bits per heavy atom. The summed E-state index contributed by atoms with van der Waals surface area (Å²) in [4.78, 5) is 15.3. The molecule has 0 radical (unpaired) electrons. The molecular formula is C24H24N2O4. The number of anilines is 2. The monoisotopic (exact) mass is 404 g/mol. The Labute approximate surface area is 176 Å². The first-order valence-electron chi connectivity index (χ1n) is 9.80. The van der Waals surface area contributed by atoms with Gasteiger partial charge in [-0.3, -0.25) is 9.69 Å². The summed E-state index contributed by atoms with van der Waals surface area (Å²) < 4.78 is 16.7. The SMILES string of the molecule is CCOc1cc([C@H]2Nc3ccccc3C(=O)N2c2ccccc2OC)ccc1OC. The lowest BCUT2D eigenvalue weighted by Gasteiger charge is -2.38. The lowest BCUT2D eigenvalue weighted by Crippen LogP contribution is -2.43. The van der Waals surface area contributed by atoms with Crippen molar-refractivity contribution in [1.29, 1.82) is 0 Å². The fraction of sp³-hybridized carbons (Fsp3) is 0.208. The number of nitrogens with one attached hydrogen (secondary N) is 1. The Hall–Kier alpha value is -3.67. The molecule has 6 heteroatoms. The maximum Gasteiger partial charge on any atom is 0.262 e. The molecule has 1 amide bonds. The standard InChI is InChI=1S/C24H24N2O4/c1-4-30-22-15-16(13-14-21(22)29-3)23-25-18-10-6-5-9-17(18)24(27)26(23)19-11-7-8-12-20(19)28-2/h5-15,23,25H,4H2,1-3H3/t23-/m0/s1. The summed E-state index contributed by atoms with van der Waals surface area (Å²) in [6.07, 6.45) is -0.450. The lowest BCUT2D eigenvalue weighted by atomic mass is 10.0. The number of amides is 1. The number of benzene rings is 3. The van der Waals surface area contributed by atoms with E-state index in [1.807, 2.05) is 73.7 Å². The second-order valence-electron chi connectivity index (χ2n) is 6.78. The van der Waals surface area contributed by atoms with Crippen LogP contribution in [0.15, 0.2) is 66.7 Å². The van der Waals surface area contributed by atoms with E-state index in [0.717, 1.165) is 11.3 Å². The molecule has 0 aliphatic carbocycles. The van der Waals surface area contributed by atoms with Gasteiger partial charge in [0.05, 0.1) is 32.1 Å². The highest BCUT2D eigenvalue weighted by atomic mass is 16.5. The van der Waals surface area contributed by atoms with Crippen molar-refractivity contribution in [2.45, 2.75) is 13.1 Å². The lowest BCUT2D eigenvalue weighted by molar-refractivity contribution is 0.0974. The van der Waals surface area contributed by atoms with Gasteiger partial charge in [0.1, 0.15) is 11.9 Å². The molecule has 6 nitrogen and oxygen atoms in total. The van der Waals surface area contributed by atoms with Crippen LogP contribution in [0.25, 0.3) is 0 Å². The van der Waals surface area contributed by atoms with Gasteiger partial charge in [-0.15, -0.1) is 0 Å². The topological polar surface area (TPSA) is 60.0 Å². The second-order valence-corrected chi connectivity index (χ2v) is 6.78. The fourth-order valence-corrected chi connectivity index (χ4v) is 3.70. The Bertz CT molecular complexity index is 1070. The number of rotatable bonds is 6. The second kappa shape index (κ2) is 8.37. The van der Waals surface area contributed by atoms with Gasteiger partial charge in [0.25, 0.3) is 5.91 Å². The van der Waals surface area contributed by atoms with Gasteiger partial charge < -0.3 is 19.5 Å². The van der Waals surface area contributed by atoms with Gasteiger partial charge in [-0.25, -0.2) is 0 Å². The van der Waals surface area contributed by atoms with E-state index in [2.05, 4.69) is 5.32 Å². The molecule has 30 heavy (non-hydrogen) atoms. The Balaban J connectivity index is 1.87. The van der Waals surface area contributed by atoms with Crippen molar-refractivity contribution < 1.29 is 19.0 Å². The first-order valence-corrected chi connectivity index (χ1v) is 9.80. The van der Waals surface area contributed by atoms with Gasteiger partial charge in [-0.2, -0.15) is 0 Å². The number of para-hydroxylation sites is 3. The highest BCUT2D eigenvalue weighted by molar-refractivity contribution is 6.12. The van der Waals surface area contributed by atoms with Gasteiger partial charge >= 0.3 is 0 Å². The Kier molecular flexibility index (Phi) is 5.48. The van der Waals surface area contributed by atoms with Crippen LogP contribution in [0, 0.1) is 0 Å². The van der Waals surface area contributed by atoms with Crippen molar-refractivity contribution in [3.05, 3.63) is 77.9 Å². The first-order chi connectivity index (χ1) is 14.7. The van der Waals surface area contributed by atoms with Crippen molar-refractivity contribution >= 4 is 17.3 Å². The number of carbonyl (C=O) groups excluding carboxylic acids is 1. The molecule has 0 bridgehead atoms. The van der Waals surface area contributed by atoms with Gasteiger partial charge in [0.15, 0.2) is 11.5 Å². The molecule has 1 N–H and O–H groups in total. The number of ether oxygens (including phenoxy) is 3. The summed E-state index contributed by atoms with van der Waals surface area (Å²) in [5, 5.41) is 3.50. The smallest absolute Gasteiger partial charge is 0.262 e. The molecule has 0 saturated heterocycles. The minimum atomic E-state index is -0.450. The van der Waals surface area contributed by atoms with E-state index >= 15 is 0 Å². The minimum Gasteiger partial charge on any atom is -0.495 e. The molecule has 4 rings (SSSR count). The van der Waals surface area contributed by atoms with E-state index in [9.17, 15) is 4.79 Å². The van der Waals surface area contributed by atoms with Gasteiger partial charge in [-0.1, -0.05) is 30.3 Å². The summed E-state index contributed by atoms with van der Waals surface area (Å²) in [6, 6.07) is 20.7. The zero-order valence-corrected chi connectivity index (χ0v) is 17.2. The molecule has 3 aromatic carbocycles. The van der Waals surface area contributed by atoms with Crippen LogP contribution in [0.3, 0.4) is 0 Å². The fourth-order valence-electron chi connectivity index (χ4n) is 3.70. The minimum absolute atomic E-state index is 0.104. The van der Waals surface area contributed by atoms with Crippen molar-refractivity contribution in [2.75, 3.05) is 31.0 Å². The van der Waals surface area contributed by atoms with Gasteiger partial charge in [0, 0.05) is 5.69 Å². The zero-order valence-electron chi connectivity index (χ0n) is 17.2. The maximum atomic E-state index is 13.6. The van der Waals surface area contributed by atoms with E-state index in [1.54, 1.807) is 19.1 Å². The summed E-state index contributed by atoms with van der Waals surface area (Å²) in [6.45, 7) is 2.43. The molecule has 0 saturated carbocycles. The molecule has 3 aromatic rings. The average Bonchev–Trinajstić information content (AvgIpc) is 2.79.